The molecule has 1 rings (SSSR count). The van der Waals surface area contributed by atoms with Crippen LogP contribution in [-0.2, 0) is 19.1 Å². The van der Waals surface area contributed by atoms with Gasteiger partial charge in [0.15, 0.2) is 0 Å². The van der Waals surface area contributed by atoms with Crippen LogP contribution in [0.3, 0.4) is 0 Å². The molecule has 0 aliphatic heterocycles. The van der Waals surface area contributed by atoms with Crippen LogP contribution in [0, 0.1) is 17.8 Å². The van der Waals surface area contributed by atoms with Crippen LogP contribution in [0.25, 0.3) is 0 Å². The van der Waals surface area contributed by atoms with Crippen LogP contribution in [0.1, 0.15) is 53.4 Å². The van der Waals surface area contributed by atoms with Gasteiger partial charge in [-0.3, -0.25) is 4.79 Å². The van der Waals surface area contributed by atoms with Gasteiger partial charge in [-0.25, -0.2) is 4.79 Å². The molecular formula is C17H28O4. The molecule has 0 N–H and O–H groups in total. The molecule has 4 nitrogen and oxygen atoms in total. The Balaban J connectivity index is 3.09. The number of carbonyl (C=O) groups is 2. The smallest absolute Gasteiger partial charge is 0.334 e. The summed E-state index contributed by atoms with van der Waals surface area (Å²) in [4.78, 5) is 24.7. The summed E-state index contributed by atoms with van der Waals surface area (Å²) >= 11 is 0. The average molecular weight is 296 g/mol. The third-order valence-electron chi connectivity index (χ3n) is 3.77. The number of esters is 2. The molecule has 0 aromatic carbocycles. The molecule has 1 atom stereocenters. The molecule has 0 heterocycles. The van der Waals surface area contributed by atoms with Crippen LogP contribution in [-0.4, -0.2) is 25.2 Å². The van der Waals surface area contributed by atoms with Crippen molar-refractivity contribution in [2.45, 2.75) is 53.4 Å². The minimum atomic E-state index is -0.478. The lowest BCUT2D eigenvalue weighted by atomic mass is 9.83. The maximum Gasteiger partial charge on any atom is 0.334 e. The molecule has 1 saturated carbocycles. The fourth-order valence-corrected chi connectivity index (χ4v) is 2.97. The molecule has 0 saturated heterocycles. The first kappa shape index (κ1) is 17.7. The summed E-state index contributed by atoms with van der Waals surface area (Å²) in [6.07, 6.45) is 6.02. The number of hydrogen-bond donors (Lipinski definition) is 0. The van der Waals surface area contributed by atoms with Crippen molar-refractivity contribution >= 4 is 11.9 Å². The fourth-order valence-electron chi connectivity index (χ4n) is 2.97. The summed E-state index contributed by atoms with van der Waals surface area (Å²) in [5.41, 5.74) is 0.484. The van der Waals surface area contributed by atoms with Crippen LogP contribution >= 0.6 is 0 Å². The first-order valence-corrected chi connectivity index (χ1v) is 8.06. The van der Waals surface area contributed by atoms with E-state index in [0.717, 1.165) is 25.7 Å². The van der Waals surface area contributed by atoms with Gasteiger partial charge in [0.1, 0.15) is 0 Å². The normalized spacial score (nSPS) is 17.9. The largest absolute Gasteiger partial charge is 0.466 e. The van der Waals surface area contributed by atoms with Crippen LogP contribution < -0.4 is 0 Å². The fraction of sp³-hybridized carbons (Fsp3) is 0.765. The lowest BCUT2D eigenvalue weighted by Crippen LogP contribution is -2.31. The first-order chi connectivity index (χ1) is 10.0. The Labute approximate surface area is 127 Å². The van der Waals surface area contributed by atoms with Crippen LogP contribution in [0.5, 0.6) is 0 Å². The van der Waals surface area contributed by atoms with Gasteiger partial charge in [-0.05, 0) is 38.5 Å². The van der Waals surface area contributed by atoms with Gasteiger partial charge in [-0.1, -0.05) is 32.8 Å². The molecule has 0 bridgehead atoms. The summed E-state index contributed by atoms with van der Waals surface area (Å²) in [6.45, 7) is 8.21. The van der Waals surface area contributed by atoms with Crippen LogP contribution in [0.15, 0.2) is 11.6 Å². The maximum absolute atomic E-state index is 12.4. The minimum Gasteiger partial charge on any atom is -0.466 e. The molecule has 1 aliphatic carbocycles. The van der Waals surface area contributed by atoms with E-state index in [1.54, 1.807) is 13.8 Å². The van der Waals surface area contributed by atoms with Crippen LogP contribution in [0.4, 0.5) is 0 Å². The highest BCUT2D eigenvalue weighted by atomic mass is 16.5. The van der Waals surface area contributed by atoms with Crippen molar-refractivity contribution in [2.75, 3.05) is 13.2 Å². The predicted octanol–water partition coefficient (Wildman–Crippen LogP) is 3.50. The Morgan fingerprint density at radius 1 is 1.10 bits per heavy atom. The molecule has 4 heteroatoms. The number of ether oxygens (including phenoxy) is 2. The van der Waals surface area contributed by atoms with E-state index in [-0.39, 0.29) is 23.8 Å². The predicted molar refractivity (Wildman–Crippen MR) is 81.6 cm³/mol. The van der Waals surface area contributed by atoms with Crippen molar-refractivity contribution in [3.8, 4) is 0 Å². The van der Waals surface area contributed by atoms with Gasteiger partial charge in [0.2, 0.25) is 0 Å². The average Bonchev–Trinajstić information content (AvgIpc) is 2.92. The van der Waals surface area contributed by atoms with Crippen molar-refractivity contribution < 1.29 is 19.1 Å². The second kappa shape index (κ2) is 8.85. The Morgan fingerprint density at radius 3 is 2.14 bits per heavy atom. The lowest BCUT2D eigenvalue weighted by Gasteiger charge is -2.24. The molecule has 0 aromatic rings. The Kier molecular flexibility index (Phi) is 7.48. The summed E-state index contributed by atoms with van der Waals surface area (Å²) in [5, 5.41) is 0. The molecule has 120 valence electrons. The van der Waals surface area contributed by atoms with Crippen molar-refractivity contribution in [1.29, 1.82) is 0 Å². The number of carbonyl (C=O) groups excluding carboxylic acids is 2. The van der Waals surface area contributed by atoms with E-state index in [0.29, 0.717) is 18.8 Å². The van der Waals surface area contributed by atoms with E-state index in [1.165, 1.54) is 0 Å². The number of allylic oxidation sites excluding steroid dienone is 1. The molecule has 1 fully saturated rings. The van der Waals surface area contributed by atoms with E-state index in [2.05, 4.69) is 0 Å². The number of hydrogen-bond acceptors (Lipinski definition) is 4. The zero-order valence-electron chi connectivity index (χ0n) is 13.7. The maximum atomic E-state index is 12.4. The quantitative estimate of drug-likeness (QED) is 0.533. The molecule has 0 spiro atoms. The zero-order chi connectivity index (χ0) is 15.8. The van der Waals surface area contributed by atoms with E-state index in [9.17, 15) is 9.59 Å². The van der Waals surface area contributed by atoms with Crippen molar-refractivity contribution in [3.63, 3.8) is 0 Å². The molecule has 21 heavy (non-hydrogen) atoms. The molecule has 1 aliphatic rings. The van der Waals surface area contributed by atoms with Gasteiger partial charge >= 0.3 is 11.9 Å². The highest BCUT2D eigenvalue weighted by molar-refractivity contribution is 5.95. The van der Waals surface area contributed by atoms with Gasteiger partial charge in [0.05, 0.1) is 19.1 Å². The summed E-state index contributed by atoms with van der Waals surface area (Å²) in [7, 11) is 0. The molecule has 0 amide bonds. The standard InChI is InChI=1S/C17H28O4/c1-5-20-16(18)14(11-12(3)4)15(17(19)21-6-2)13-9-7-8-10-13/h11-13,15H,5-10H2,1-4H3. The molecule has 0 aromatic heterocycles. The van der Waals surface area contributed by atoms with Gasteiger partial charge in [-0.2, -0.15) is 0 Å². The second-order valence-electron chi connectivity index (χ2n) is 5.86. The minimum absolute atomic E-state index is 0.183. The Morgan fingerprint density at radius 2 is 1.67 bits per heavy atom. The van der Waals surface area contributed by atoms with E-state index in [4.69, 9.17) is 9.47 Å². The topological polar surface area (TPSA) is 52.6 Å². The Bertz CT molecular complexity index is 378. The van der Waals surface area contributed by atoms with Crippen molar-refractivity contribution in [1.82, 2.24) is 0 Å². The van der Waals surface area contributed by atoms with Gasteiger partial charge in [0.25, 0.3) is 0 Å². The molecular weight excluding hydrogens is 268 g/mol. The highest BCUT2D eigenvalue weighted by Crippen LogP contribution is 2.37. The molecule has 0 radical (unpaired) electrons. The number of rotatable bonds is 7. The van der Waals surface area contributed by atoms with Crippen molar-refractivity contribution in [2.24, 2.45) is 17.8 Å². The zero-order valence-corrected chi connectivity index (χ0v) is 13.7. The van der Waals surface area contributed by atoms with E-state index >= 15 is 0 Å². The van der Waals surface area contributed by atoms with E-state index < -0.39 is 5.92 Å². The van der Waals surface area contributed by atoms with Crippen molar-refractivity contribution in [3.05, 3.63) is 11.6 Å². The monoisotopic (exact) mass is 296 g/mol. The van der Waals surface area contributed by atoms with Gasteiger partial charge < -0.3 is 9.47 Å². The summed E-state index contributed by atoms with van der Waals surface area (Å²) < 4.78 is 10.4. The lowest BCUT2D eigenvalue weighted by molar-refractivity contribution is -0.151. The first-order valence-electron chi connectivity index (χ1n) is 8.06. The SMILES string of the molecule is CCOC(=O)C(=CC(C)C)C(C(=O)OCC)C1CCCC1. The van der Waals surface area contributed by atoms with E-state index in [1.807, 2.05) is 19.9 Å². The third kappa shape index (κ3) is 5.18. The summed E-state index contributed by atoms with van der Waals surface area (Å²) in [6, 6.07) is 0. The highest BCUT2D eigenvalue weighted by Gasteiger charge is 2.38. The summed E-state index contributed by atoms with van der Waals surface area (Å²) in [5.74, 6) is -0.768. The molecule has 1 unspecified atom stereocenters. The Hall–Kier alpha value is -1.32. The second-order valence-corrected chi connectivity index (χ2v) is 5.86. The van der Waals surface area contributed by atoms with Gasteiger partial charge in [0, 0.05) is 5.57 Å². The third-order valence-corrected chi connectivity index (χ3v) is 3.77. The van der Waals surface area contributed by atoms with Gasteiger partial charge in [-0.15, -0.1) is 0 Å². The van der Waals surface area contributed by atoms with Crippen LogP contribution in [0.2, 0.25) is 0 Å².